The van der Waals surface area contributed by atoms with Crippen molar-refractivity contribution in [1.29, 1.82) is 0 Å². The number of rotatable bonds is 12. The van der Waals surface area contributed by atoms with Crippen molar-refractivity contribution in [3.05, 3.63) is 89.0 Å². The molecule has 0 unspecified atom stereocenters. The second-order valence-corrected chi connectivity index (χ2v) is 11.9. The number of hydrogen-bond acceptors (Lipinski definition) is 8. The lowest BCUT2D eigenvalue weighted by Crippen LogP contribution is -2.18. The second kappa shape index (κ2) is 10.8. The Kier molecular flexibility index (Phi) is 7.74. The summed E-state index contributed by atoms with van der Waals surface area (Å²) in [5.41, 5.74) is 0.484. The molecule has 196 valence electrons. The predicted octanol–water partition coefficient (Wildman–Crippen LogP) is 4.30. The molecular formula is C26H26O9S2. The van der Waals surface area contributed by atoms with Crippen molar-refractivity contribution in [2.75, 3.05) is 6.61 Å². The third-order valence-electron chi connectivity index (χ3n) is 5.63. The summed E-state index contributed by atoms with van der Waals surface area (Å²) >= 11 is 0. The number of aromatic carboxylic acids is 1. The highest BCUT2D eigenvalue weighted by Gasteiger charge is 2.31. The van der Waals surface area contributed by atoms with Gasteiger partial charge in [0, 0.05) is 11.6 Å². The van der Waals surface area contributed by atoms with Crippen LogP contribution in [0.1, 0.15) is 39.9 Å². The molecule has 1 aliphatic carbocycles. The maximum atomic E-state index is 12.8. The van der Waals surface area contributed by atoms with Gasteiger partial charge in [-0.15, -0.1) is 0 Å². The van der Waals surface area contributed by atoms with Gasteiger partial charge in [0.1, 0.15) is 22.8 Å². The number of benzene rings is 3. The van der Waals surface area contributed by atoms with Gasteiger partial charge < -0.3 is 18.2 Å². The van der Waals surface area contributed by atoms with Crippen molar-refractivity contribution in [2.24, 2.45) is 5.92 Å². The van der Waals surface area contributed by atoms with Crippen LogP contribution in [0.5, 0.6) is 17.2 Å². The van der Waals surface area contributed by atoms with E-state index >= 15 is 0 Å². The van der Waals surface area contributed by atoms with Crippen LogP contribution in [0.4, 0.5) is 0 Å². The van der Waals surface area contributed by atoms with Crippen LogP contribution in [0.25, 0.3) is 0 Å². The van der Waals surface area contributed by atoms with Crippen molar-refractivity contribution < 1.29 is 39.8 Å². The van der Waals surface area contributed by atoms with E-state index in [4.69, 9.17) is 13.1 Å². The van der Waals surface area contributed by atoms with Crippen molar-refractivity contribution in [1.82, 2.24) is 0 Å². The molecule has 0 aliphatic heterocycles. The molecule has 3 aromatic rings. The molecule has 0 amide bonds. The molecule has 0 bridgehead atoms. The molecule has 3 aromatic carbocycles. The van der Waals surface area contributed by atoms with Gasteiger partial charge in [0.25, 0.3) is 0 Å². The third kappa shape index (κ3) is 7.23. The Morgan fingerprint density at radius 2 is 1.32 bits per heavy atom. The van der Waals surface area contributed by atoms with E-state index in [1.54, 1.807) is 60.7 Å². The fraction of sp³-hybridized carbons (Fsp3) is 0.269. The van der Waals surface area contributed by atoms with Crippen molar-refractivity contribution >= 4 is 26.2 Å². The molecule has 11 heteroatoms. The van der Waals surface area contributed by atoms with E-state index in [9.17, 15) is 26.7 Å². The number of hydrogen-bond donors (Lipinski definition) is 1. The molecule has 1 N–H and O–H groups in total. The van der Waals surface area contributed by atoms with Crippen LogP contribution in [0.2, 0.25) is 0 Å². The second-order valence-electron chi connectivity index (χ2n) is 8.80. The summed E-state index contributed by atoms with van der Waals surface area (Å²) in [4.78, 5) is 12.2. The molecule has 4 rings (SSSR count). The maximum absolute atomic E-state index is 12.8. The Morgan fingerprint density at radius 3 is 1.78 bits per heavy atom. The van der Waals surface area contributed by atoms with Crippen molar-refractivity contribution in [2.45, 2.75) is 31.3 Å². The zero-order valence-electron chi connectivity index (χ0n) is 20.0. The highest BCUT2D eigenvalue weighted by atomic mass is 32.2. The van der Waals surface area contributed by atoms with Gasteiger partial charge in [-0.1, -0.05) is 60.7 Å². The zero-order valence-corrected chi connectivity index (χ0v) is 21.6. The SMILES string of the molecule is Cc1c(OS(=O)(=O)Cc2ccccc2)cc(OS(=O)(=O)Cc2ccccc2)c(C(=O)O)c1OCC1CC1. The minimum Gasteiger partial charge on any atom is -0.492 e. The normalized spacial score (nSPS) is 13.6. The van der Waals surface area contributed by atoms with Gasteiger partial charge in [-0.3, -0.25) is 0 Å². The maximum Gasteiger partial charge on any atom is 0.343 e. The van der Waals surface area contributed by atoms with E-state index in [0.29, 0.717) is 11.1 Å². The number of carboxylic acid groups (broad SMARTS) is 1. The molecule has 1 saturated carbocycles. The number of ether oxygens (including phenoxy) is 1. The molecule has 0 spiro atoms. The van der Waals surface area contributed by atoms with E-state index < -0.39 is 49.0 Å². The van der Waals surface area contributed by atoms with Gasteiger partial charge in [-0.2, -0.15) is 16.8 Å². The number of carbonyl (C=O) groups is 1. The van der Waals surface area contributed by atoms with Crippen molar-refractivity contribution in [3.63, 3.8) is 0 Å². The molecule has 1 fully saturated rings. The predicted molar refractivity (Wildman–Crippen MR) is 136 cm³/mol. The van der Waals surface area contributed by atoms with Crippen molar-refractivity contribution in [3.8, 4) is 17.2 Å². The Hall–Kier alpha value is -3.57. The molecule has 0 radical (unpaired) electrons. The largest absolute Gasteiger partial charge is 0.492 e. The summed E-state index contributed by atoms with van der Waals surface area (Å²) in [5, 5.41) is 9.94. The molecule has 37 heavy (non-hydrogen) atoms. The first-order valence-electron chi connectivity index (χ1n) is 11.5. The zero-order chi connectivity index (χ0) is 26.6. The summed E-state index contributed by atoms with van der Waals surface area (Å²) in [6.07, 6.45) is 1.83. The molecule has 9 nitrogen and oxygen atoms in total. The van der Waals surface area contributed by atoms with Crippen LogP contribution >= 0.6 is 0 Å². The number of carboxylic acids is 1. The molecule has 0 heterocycles. The fourth-order valence-corrected chi connectivity index (χ4v) is 5.79. The lowest BCUT2D eigenvalue weighted by Gasteiger charge is -2.19. The summed E-state index contributed by atoms with van der Waals surface area (Å²) in [6, 6.07) is 17.5. The van der Waals surface area contributed by atoms with Gasteiger partial charge in [-0.05, 0) is 36.8 Å². The quantitative estimate of drug-likeness (QED) is 0.330. The minimum absolute atomic E-state index is 0.0995. The van der Waals surface area contributed by atoms with Gasteiger partial charge in [-0.25, -0.2) is 4.79 Å². The van der Waals surface area contributed by atoms with Crippen LogP contribution in [0.15, 0.2) is 66.7 Å². The molecule has 0 atom stereocenters. The lowest BCUT2D eigenvalue weighted by atomic mass is 10.1. The van der Waals surface area contributed by atoms with Gasteiger partial charge in [0.05, 0.1) is 6.61 Å². The van der Waals surface area contributed by atoms with E-state index in [1.165, 1.54) is 6.92 Å². The molecule has 0 saturated heterocycles. The average Bonchev–Trinajstić information content (AvgIpc) is 3.64. The Balaban J connectivity index is 1.73. The summed E-state index contributed by atoms with van der Waals surface area (Å²) in [5.74, 6) is -3.30. The third-order valence-corrected chi connectivity index (χ3v) is 7.87. The molecular weight excluding hydrogens is 520 g/mol. The van der Waals surface area contributed by atoms with Crippen LogP contribution < -0.4 is 13.1 Å². The Bertz CT molecular complexity index is 1480. The Morgan fingerprint density at radius 1 is 0.838 bits per heavy atom. The highest BCUT2D eigenvalue weighted by molar-refractivity contribution is 7.86. The molecule has 0 aromatic heterocycles. The van der Waals surface area contributed by atoms with Crippen LogP contribution in [0.3, 0.4) is 0 Å². The summed E-state index contributed by atoms with van der Waals surface area (Å²) in [6.45, 7) is 1.64. The van der Waals surface area contributed by atoms with E-state index in [2.05, 4.69) is 0 Å². The van der Waals surface area contributed by atoms with Gasteiger partial charge in [0.2, 0.25) is 0 Å². The Labute approximate surface area is 215 Å². The van der Waals surface area contributed by atoms with Crippen LogP contribution in [0, 0.1) is 12.8 Å². The van der Waals surface area contributed by atoms with Gasteiger partial charge >= 0.3 is 26.2 Å². The fourth-order valence-electron chi connectivity index (χ4n) is 3.62. The highest BCUT2D eigenvalue weighted by Crippen LogP contribution is 2.42. The smallest absolute Gasteiger partial charge is 0.343 e. The van der Waals surface area contributed by atoms with Crippen LogP contribution in [-0.2, 0) is 31.7 Å². The first-order valence-corrected chi connectivity index (χ1v) is 14.6. The summed E-state index contributed by atoms with van der Waals surface area (Å²) < 4.78 is 67.7. The molecule has 1 aliphatic rings. The van der Waals surface area contributed by atoms with E-state index in [0.717, 1.165) is 18.9 Å². The lowest BCUT2D eigenvalue weighted by molar-refractivity contribution is 0.0689. The first-order chi connectivity index (χ1) is 17.5. The monoisotopic (exact) mass is 546 g/mol. The van der Waals surface area contributed by atoms with Gasteiger partial charge in [0.15, 0.2) is 11.5 Å². The standard InChI is InChI=1S/C26H26O9S2/c1-18-22(34-36(29,30)16-20-8-4-2-5-9-20)14-23(24(26(27)28)25(18)33-15-19-12-13-19)35-37(31,32)17-21-10-6-3-7-11-21/h2-11,14,19H,12-13,15-17H2,1H3,(H,27,28). The van der Waals surface area contributed by atoms with E-state index in [1.807, 2.05) is 0 Å². The van der Waals surface area contributed by atoms with Crippen LogP contribution in [-0.4, -0.2) is 34.5 Å². The topological polar surface area (TPSA) is 133 Å². The summed E-state index contributed by atoms with van der Waals surface area (Å²) in [7, 11) is -8.52. The first kappa shape index (κ1) is 26.5. The van der Waals surface area contributed by atoms with E-state index in [-0.39, 0.29) is 29.6 Å². The average molecular weight is 547 g/mol. The minimum atomic E-state index is -4.33.